The molecule has 0 bridgehead atoms. The Hall–Kier alpha value is -3.09. The molecule has 0 saturated carbocycles. The number of benzene rings is 3. The molecule has 5 nitrogen and oxygen atoms in total. The largest absolute Gasteiger partial charge is 0.323 e. The molecule has 0 fully saturated rings. The molecular formula is C25H25ClN2O3S. The zero-order chi connectivity index (χ0) is 23.4. The molecule has 0 aliphatic carbocycles. The van der Waals surface area contributed by atoms with Crippen molar-refractivity contribution in [1.29, 1.82) is 0 Å². The highest BCUT2D eigenvalue weighted by Crippen LogP contribution is 2.23. The minimum atomic E-state index is -3.77. The van der Waals surface area contributed by atoms with Gasteiger partial charge in [-0.25, -0.2) is 8.42 Å². The van der Waals surface area contributed by atoms with E-state index >= 15 is 0 Å². The van der Waals surface area contributed by atoms with Gasteiger partial charge in [-0.05, 0) is 65.1 Å². The zero-order valence-electron chi connectivity index (χ0n) is 18.1. The Morgan fingerprint density at radius 2 is 1.56 bits per heavy atom. The van der Waals surface area contributed by atoms with Gasteiger partial charge in [-0.1, -0.05) is 62.7 Å². The van der Waals surface area contributed by atoms with Crippen LogP contribution in [0.5, 0.6) is 0 Å². The van der Waals surface area contributed by atoms with E-state index in [1.165, 1.54) is 42.0 Å². The van der Waals surface area contributed by atoms with Crippen LogP contribution in [0, 0.1) is 0 Å². The Kier molecular flexibility index (Phi) is 7.06. The van der Waals surface area contributed by atoms with Crippen LogP contribution < -0.4 is 10.0 Å². The SMILES string of the molecule is CC(C)(C)c1ccc(/C=C/C(=O)Nc2ccc(S(=O)(=O)Nc3cccc(Cl)c3)cc2)cc1. The number of anilines is 2. The quantitative estimate of drug-likeness (QED) is 0.430. The van der Waals surface area contributed by atoms with E-state index in [-0.39, 0.29) is 16.2 Å². The summed E-state index contributed by atoms with van der Waals surface area (Å²) in [5.41, 5.74) is 3.07. The van der Waals surface area contributed by atoms with E-state index in [0.717, 1.165) is 5.56 Å². The third-order valence-corrected chi connectivity index (χ3v) is 6.35. The summed E-state index contributed by atoms with van der Waals surface area (Å²) in [6.07, 6.45) is 3.17. The molecular weight excluding hydrogens is 444 g/mol. The molecule has 0 atom stereocenters. The fourth-order valence-electron chi connectivity index (χ4n) is 2.93. The lowest BCUT2D eigenvalue weighted by atomic mass is 9.87. The summed E-state index contributed by atoms with van der Waals surface area (Å²) in [6.45, 7) is 6.44. The van der Waals surface area contributed by atoms with Crippen LogP contribution in [0.15, 0.2) is 83.8 Å². The van der Waals surface area contributed by atoms with Gasteiger partial charge in [0.2, 0.25) is 5.91 Å². The average molecular weight is 469 g/mol. The topological polar surface area (TPSA) is 75.3 Å². The predicted molar refractivity (Wildman–Crippen MR) is 132 cm³/mol. The predicted octanol–water partition coefficient (Wildman–Crippen LogP) is 6.09. The van der Waals surface area contributed by atoms with Gasteiger partial charge in [0.1, 0.15) is 0 Å². The van der Waals surface area contributed by atoms with Gasteiger partial charge in [0, 0.05) is 16.8 Å². The lowest BCUT2D eigenvalue weighted by molar-refractivity contribution is -0.111. The number of hydrogen-bond donors (Lipinski definition) is 2. The highest BCUT2D eigenvalue weighted by Gasteiger charge is 2.15. The molecule has 1 amide bonds. The smallest absolute Gasteiger partial charge is 0.261 e. The van der Waals surface area contributed by atoms with Crippen LogP contribution >= 0.6 is 11.6 Å². The molecule has 166 valence electrons. The van der Waals surface area contributed by atoms with Gasteiger partial charge >= 0.3 is 0 Å². The molecule has 0 unspecified atom stereocenters. The number of sulfonamides is 1. The number of halogens is 1. The van der Waals surface area contributed by atoms with E-state index in [1.54, 1.807) is 24.3 Å². The normalized spacial score (nSPS) is 12.0. The van der Waals surface area contributed by atoms with E-state index in [4.69, 9.17) is 11.6 Å². The highest BCUT2D eigenvalue weighted by atomic mass is 35.5. The van der Waals surface area contributed by atoms with Crippen molar-refractivity contribution in [3.63, 3.8) is 0 Å². The van der Waals surface area contributed by atoms with Crippen LogP contribution in [0.1, 0.15) is 31.9 Å². The lowest BCUT2D eigenvalue weighted by Gasteiger charge is -2.18. The number of hydrogen-bond acceptors (Lipinski definition) is 3. The van der Waals surface area contributed by atoms with Gasteiger partial charge in [0.15, 0.2) is 0 Å². The van der Waals surface area contributed by atoms with Crippen LogP contribution in [0.25, 0.3) is 6.08 Å². The number of nitrogens with one attached hydrogen (secondary N) is 2. The van der Waals surface area contributed by atoms with Crippen molar-refractivity contribution in [1.82, 2.24) is 0 Å². The van der Waals surface area contributed by atoms with Crippen molar-refractivity contribution >= 4 is 45.0 Å². The second-order valence-electron chi connectivity index (χ2n) is 8.33. The molecule has 0 saturated heterocycles. The molecule has 0 aromatic heterocycles. The van der Waals surface area contributed by atoms with Crippen molar-refractivity contribution < 1.29 is 13.2 Å². The van der Waals surface area contributed by atoms with Gasteiger partial charge in [-0.3, -0.25) is 9.52 Å². The molecule has 0 aliphatic rings. The van der Waals surface area contributed by atoms with Gasteiger partial charge in [0.25, 0.3) is 10.0 Å². The molecule has 3 aromatic rings. The van der Waals surface area contributed by atoms with Crippen LogP contribution in [0.3, 0.4) is 0 Å². The third kappa shape index (κ3) is 6.45. The van der Waals surface area contributed by atoms with Gasteiger partial charge in [0.05, 0.1) is 10.6 Å². The maximum Gasteiger partial charge on any atom is 0.261 e. The summed E-state index contributed by atoms with van der Waals surface area (Å²) in [4.78, 5) is 12.3. The van der Waals surface area contributed by atoms with E-state index < -0.39 is 10.0 Å². The second-order valence-corrected chi connectivity index (χ2v) is 10.5. The zero-order valence-corrected chi connectivity index (χ0v) is 19.7. The lowest BCUT2D eigenvalue weighted by Crippen LogP contribution is -2.13. The van der Waals surface area contributed by atoms with Crippen LogP contribution in [0.2, 0.25) is 5.02 Å². The molecule has 0 spiro atoms. The number of carbonyl (C=O) groups excluding carboxylic acids is 1. The standard InChI is InChI=1S/C25H25ClN2O3S/c1-25(2,3)19-10-7-18(8-11-19)9-16-24(29)27-21-12-14-23(15-13-21)32(30,31)28-22-6-4-5-20(26)17-22/h4-17,28H,1-3H3,(H,27,29)/b16-9+. The Morgan fingerprint density at radius 3 is 2.16 bits per heavy atom. The fourth-order valence-corrected chi connectivity index (χ4v) is 4.17. The first-order chi connectivity index (χ1) is 15.0. The summed E-state index contributed by atoms with van der Waals surface area (Å²) in [5.74, 6) is -0.308. The van der Waals surface area contributed by atoms with E-state index in [1.807, 2.05) is 24.3 Å². The van der Waals surface area contributed by atoms with Crippen LogP contribution in [-0.2, 0) is 20.2 Å². The maximum atomic E-state index is 12.5. The third-order valence-electron chi connectivity index (χ3n) is 4.71. The van der Waals surface area contributed by atoms with E-state index in [9.17, 15) is 13.2 Å². The highest BCUT2D eigenvalue weighted by molar-refractivity contribution is 7.92. The molecule has 3 rings (SSSR count). The molecule has 0 radical (unpaired) electrons. The summed E-state index contributed by atoms with van der Waals surface area (Å²) < 4.78 is 27.6. The van der Waals surface area contributed by atoms with Crippen molar-refractivity contribution in [3.8, 4) is 0 Å². The summed E-state index contributed by atoms with van der Waals surface area (Å²) in [7, 11) is -3.77. The first-order valence-electron chi connectivity index (χ1n) is 10.0. The number of carbonyl (C=O) groups is 1. The van der Waals surface area contributed by atoms with E-state index in [2.05, 4.69) is 30.8 Å². The van der Waals surface area contributed by atoms with Crippen molar-refractivity contribution in [2.45, 2.75) is 31.1 Å². The Balaban J connectivity index is 1.62. The van der Waals surface area contributed by atoms with Crippen molar-refractivity contribution in [3.05, 3.63) is 95.0 Å². The fraction of sp³-hybridized carbons (Fsp3) is 0.160. The molecule has 2 N–H and O–H groups in total. The van der Waals surface area contributed by atoms with Crippen LogP contribution in [-0.4, -0.2) is 14.3 Å². The summed E-state index contributed by atoms with van der Waals surface area (Å²) >= 11 is 5.90. The molecule has 3 aromatic carbocycles. The summed E-state index contributed by atoms with van der Waals surface area (Å²) in [5, 5.41) is 3.16. The molecule has 32 heavy (non-hydrogen) atoms. The number of rotatable bonds is 6. The summed E-state index contributed by atoms with van der Waals surface area (Å²) in [6, 6.07) is 20.4. The van der Waals surface area contributed by atoms with Crippen molar-refractivity contribution in [2.75, 3.05) is 10.0 Å². The minimum absolute atomic E-state index is 0.0723. The van der Waals surface area contributed by atoms with Crippen LogP contribution in [0.4, 0.5) is 11.4 Å². The van der Waals surface area contributed by atoms with Gasteiger partial charge in [-0.2, -0.15) is 0 Å². The molecule has 0 heterocycles. The molecule has 7 heteroatoms. The van der Waals surface area contributed by atoms with E-state index in [0.29, 0.717) is 16.4 Å². The Morgan fingerprint density at radius 1 is 0.906 bits per heavy atom. The average Bonchev–Trinajstić information content (AvgIpc) is 2.72. The second kappa shape index (κ2) is 9.59. The minimum Gasteiger partial charge on any atom is -0.323 e. The maximum absolute atomic E-state index is 12.5. The molecule has 0 aliphatic heterocycles. The van der Waals surface area contributed by atoms with Crippen molar-refractivity contribution in [2.24, 2.45) is 0 Å². The van der Waals surface area contributed by atoms with Gasteiger partial charge in [-0.15, -0.1) is 0 Å². The first-order valence-corrected chi connectivity index (χ1v) is 11.9. The Labute approximate surface area is 194 Å². The van der Waals surface area contributed by atoms with Gasteiger partial charge < -0.3 is 5.32 Å². The Bertz CT molecular complexity index is 1230. The monoisotopic (exact) mass is 468 g/mol. The first kappa shape index (κ1) is 23.6. The number of amides is 1.